The van der Waals surface area contributed by atoms with Gasteiger partial charge in [0.25, 0.3) is 0 Å². The lowest BCUT2D eigenvalue weighted by Crippen LogP contribution is -2.28. The molecule has 15 rings (SSSR count). The summed E-state index contributed by atoms with van der Waals surface area (Å²) in [7, 11) is 0. The van der Waals surface area contributed by atoms with Gasteiger partial charge in [0.1, 0.15) is 5.75 Å². The van der Waals surface area contributed by atoms with Crippen molar-refractivity contribution < 1.29 is 72.3 Å². The first-order valence-electron chi connectivity index (χ1n) is 46.8. The molecule has 6 aromatic carbocycles. The molecule has 9 aliphatic rings. The Morgan fingerprint density at radius 2 is 0.554 bits per heavy atom. The predicted octanol–water partition coefficient (Wildman–Crippen LogP) is 31.2. The Morgan fingerprint density at radius 1 is 0.256 bits per heavy atom. The van der Waals surface area contributed by atoms with Crippen LogP contribution in [0.3, 0.4) is 0 Å². The van der Waals surface area contributed by atoms with Crippen molar-refractivity contribution in [1.82, 2.24) is 0 Å². The van der Waals surface area contributed by atoms with Gasteiger partial charge in [-0.25, -0.2) is 26.3 Å². The van der Waals surface area contributed by atoms with Gasteiger partial charge in [-0.1, -0.05) is 134 Å². The van der Waals surface area contributed by atoms with Crippen LogP contribution in [0, 0.1) is 76.9 Å². The first-order valence-corrected chi connectivity index (χ1v) is 46.8. The van der Waals surface area contributed by atoms with E-state index in [-0.39, 0.29) is 58.9 Å². The van der Waals surface area contributed by atoms with E-state index in [0.29, 0.717) is 71.8 Å². The average Bonchev–Trinajstić information content (AvgIpc) is 0.808. The fourth-order valence-corrected chi connectivity index (χ4v) is 21.0. The Hall–Kier alpha value is -7.46. The number of rotatable bonds is 20. The molecule has 0 saturated heterocycles. The van der Waals surface area contributed by atoms with E-state index in [1.165, 1.54) is 112 Å². The summed E-state index contributed by atoms with van der Waals surface area (Å²) in [5.74, 6) is -4.86. The largest absolute Gasteiger partial charge is 0.491 e. The van der Waals surface area contributed by atoms with Gasteiger partial charge in [0.05, 0.1) is 44.2 Å². The zero-order chi connectivity index (χ0) is 85.6. The molecule has 6 aromatic rings. The van der Waals surface area contributed by atoms with Gasteiger partial charge in [-0.15, -0.1) is 0 Å². The third kappa shape index (κ3) is 24.2. The monoisotopic (exact) mass is 1680 g/mol. The first kappa shape index (κ1) is 92.7. The number of aryl methyl sites for hydroxylation is 3. The Kier molecular flexibility index (Phi) is 34.8. The fourth-order valence-electron chi connectivity index (χ4n) is 21.0. The molecule has 0 aliphatic heterocycles. The summed E-state index contributed by atoms with van der Waals surface area (Å²) in [6.07, 6.45) is 42.9. The fraction of sp³-hybridized carbons (Fsp3) is 0.581. The molecule has 0 spiro atoms. The molecule has 16 heteroatoms. The van der Waals surface area contributed by atoms with Crippen LogP contribution in [0.15, 0.2) is 130 Å². The van der Waals surface area contributed by atoms with Crippen molar-refractivity contribution >= 4 is 0 Å². The average molecular weight is 1680 g/mol. The number of hydrogen-bond donors (Lipinski definition) is 0. The van der Waals surface area contributed by atoms with Crippen LogP contribution in [0.4, 0.5) is 43.9 Å². The standard InChI is InChI=1S/C28H32F4O.C28H34F2O2.C27H38F2O.C22H30F2O2/c1-3-17-13-14-22(26(30)25(17)29)20-9-5-18(6-10-20)19-7-11-21(12-8-19)23-15-16-24(33-4-2)28(32)27(23)31;1-3-19-5-13-23(14-6-19)32-24-15-11-21(12-16-24)20-7-9-22(10-8-20)25-17-18-26(31-4-2)28(30)27(25)29;1-3-19-5-13-23(14-6-19)30-24-15-11-21(12-16-24)20-7-9-22(10-8-20)25-17-4-18(2)26(28)27(25)29;1-3-15-5-7-16(8-6-15)17-9-11-18(12-10-17)26-20-14-13-19(25-4-2)21(23)22(20)24/h13-16,20-21H,3-12H2,1-2H3;5-6,13-14,17-18,22,24H,3-4,7-12,15-16H2,1-2H3;4,17,19,22-24H,3,5-16H2,1-2H3;13-15,18H,3-12H2,1-2H3. The Balaban J connectivity index is 0.000000148. The molecule has 9 aliphatic carbocycles. The van der Waals surface area contributed by atoms with Crippen LogP contribution in [0.25, 0.3) is 0 Å². The molecule has 0 unspecified atom stereocenters. The quantitative estimate of drug-likeness (QED) is 0.0561. The lowest BCUT2D eigenvalue weighted by Gasteiger charge is -2.34. The van der Waals surface area contributed by atoms with Crippen LogP contribution in [0.1, 0.15) is 355 Å². The molecular weight excluding hydrogens is 1550 g/mol. The molecular formula is C105H134F10O6. The third-order valence-electron chi connectivity index (χ3n) is 28.6. The van der Waals surface area contributed by atoms with Gasteiger partial charge in [-0.05, 0) is 383 Å². The van der Waals surface area contributed by atoms with E-state index < -0.39 is 58.2 Å². The van der Waals surface area contributed by atoms with Crippen molar-refractivity contribution in [3.8, 4) is 28.7 Å². The highest BCUT2D eigenvalue weighted by molar-refractivity contribution is 5.39. The zero-order valence-electron chi connectivity index (χ0n) is 73.5. The van der Waals surface area contributed by atoms with Crippen molar-refractivity contribution in [2.45, 2.75) is 360 Å². The van der Waals surface area contributed by atoms with E-state index >= 15 is 0 Å². The van der Waals surface area contributed by atoms with Gasteiger partial charge in [0, 0.05) is 0 Å². The number of hydrogen-bond acceptors (Lipinski definition) is 6. The van der Waals surface area contributed by atoms with Gasteiger partial charge in [-0.3, -0.25) is 0 Å². The summed E-state index contributed by atoms with van der Waals surface area (Å²) >= 11 is 0. The SMILES string of the molecule is CCC1CCC(OC2CCC(=C3CCC(c4ccc(C)c(F)c4F)CC3)CC2)CC1.CCOc1ccc(C2CCC(=C3CCC(Oc4ccc(CC)cc4)CC3)CC2)c(F)c1F.CCOc1ccc(C2CCC(=C3CCC(c4ccc(CC)c(F)c4F)CC3)CC2)c(F)c1F.CCOc1ccc(OC2CCC(=C3CCC(CC)CC3)CC2)c(F)c1F. The zero-order valence-corrected chi connectivity index (χ0v) is 73.5. The van der Waals surface area contributed by atoms with E-state index in [1.807, 2.05) is 6.92 Å². The minimum atomic E-state index is -0.962. The van der Waals surface area contributed by atoms with Crippen LogP contribution in [0.5, 0.6) is 28.7 Å². The number of benzene rings is 6. The lowest BCUT2D eigenvalue weighted by molar-refractivity contribution is -0.0471. The Labute approximate surface area is 715 Å². The van der Waals surface area contributed by atoms with Crippen LogP contribution in [-0.2, 0) is 17.6 Å². The summed E-state index contributed by atoms with van der Waals surface area (Å²) in [5, 5.41) is 0. The number of allylic oxidation sites excluding steroid dienone is 8. The van der Waals surface area contributed by atoms with Gasteiger partial charge >= 0.3 is 0 Å². The lowest BCUT2D eigenvalue weighted by atomic mass is 9.75. The molecule has 0 amide bonds. The maximum absolute atomic E-state index is 14.6. The molecule has 9 saturated carbocycles. The normalized spacial score (nSPS) is 24.2. The molecule has 0 radical (unpaired) electrons. The molecule has 121 heavy (non-hydrogen) atoms. The summed E-state index contributed by atoms with van der Waals surface area (Å²) < 4.78 is 177. The molecule has 0 heterocycles. The summed E-state index contributed by atoms with van der Waals surface area (Å²) in [4.78, 5) is 0. The maximum atomic E-state index is 14.6. The van der Waals surface area contributed by atoms with Gasteiger partial charge < -0.3 is 28.4 Å². The van der Waals surface area contributed by atoms with Crippen molar-refractivity contribution in [2.24, 2.45) is 11.8 Å². The van der Waals surface area contributed by atoms with E-state index in [2.05, 4.69) is 45.0 Å². The highest BCUT2D eigenvalue weighted by atomic mass is 19.2. The van der Waals surface area contributed by atoms with Crippen LogP contribution < -0.4 is 23.7 Å². The van der Waals surface area contributed by atoms with E-state index in [0.717, 1.165) is 191 Å². The van der Waals surface area contributed by atoms with Crippen molar-refractivity contribution in [2.75, 3.05) is 19.8 Å². The predicted molar refractivity (Wildman–Crippen MR) is 466 cm³/mol. The molecule has 660 valence electrons. The van der Waals surface area contributed by atoms with Crippen LogP contribution >= 0.6 is 0 Å². The Bertz CT molecular complexity index is 4450. The number of halogens is 10. The third-order valence-corrected chi connectivity index (χ3v) is 28.6. The van der Waals surface area contributed by atoms with Gasteiger partial charge in [0.2, 0.25) is 23.3 Å². The minimum absolute atomic E-state index is 0.00416. The molecule has 0 N–H and O–H groups in total. The van der Waals surface area contributed by atoms with Crippen molar-refractivity contribution in [1.29, 1.82) is 0 Å². The number of ether oxygens (including phenoxy) is 6. The molecule has 0 bridgehead atoms. The highest BCUT2D eigenvalue weighted by Gasteiger charge is 2.35. The second-order valence-corrected chi connectivity index (χ2v) is 35.7. The molecule has 6 nitrogen and oxygen atoms in total. The molecule has 9 fully saturated rings. The molecule has 0 aromatic heterocycles. The minimum Gasteiger partial charge on any atom is -0.491 e. The van der Waals surface area contributed by atoms with Gasteiger partial charge in [-0.2, -0.15) is 17.6 Å². The van der Waals surface area contributed by atoms with Crippen molar-refractivity contribution in [3.63, 3.8) is 0 Å². The van der Waals surface area contributed by atoms with E-state index in [1.54, 1.807) is 104 Å². The van der Waals surface area contributed by atoms with Crippen molar-refractivity contribution in [3.05, 3.63) is 227 Å². The first-order chi connectivity index (χ1) is 58.7. The summed E-state index contributed by atoms with van der Waals surface area (Å²) in [5.41, 5.74) is 16.6. The van der Waals surface area contributed by atoms with E-state index in [4.69, 9.17) is 28.4 Å². The van der Waals surface area contributed by atoms with Crippen LogP contribution in [0.2, 0.25) is 0 Å². The summed E-state index contributed by atoms with van der Waals surface area (Å²) in [6, 6.07) is 24.8. The second kappa shape index (κ2) is 45.4. The van der Waals surface area contributed by atoms with Gasteiger partial charge in [0.15, 0.2) is 57.9 Å². The summed E-state index contributed by atoms with van der Waals surface area (Å²) in [6.45, 7) is 16.4. The topological polar surface area (TPSA) is 55.4 Å². The van der Waals surface area contributed by atoms with Crippen LogP contribution in [-0.4, -0.2) is 44.2 Å². The second-order valence-electron chi connectivity index (χ2n) is 35.7. The smallest absolute Gasteiger partial charge is 0.204 e. The highest BCUT2D eigenvalue weighted by Crippen LogP contribution is 2.48. The van der Waals surface area contributed by atoms with E-state index in [9.17, 15) is 43.9 Å². The Morgan fingerprint density at radius 3 is 0.934 bits per heavy atom. The molecule has 0 atom stereocenters. The maximum Gasteiger partial charge on any atom is 0.204 e.